The van der Waals surface area contributed by atoms with E-state index in [1.807, 2.05) is 0 Å². The second-order valence-corrected chi connectivity index (χ2v) is 5.79. The summed E-state index contributed by atoms with van der Waals surface area (Å²) in [6.45, 7) is 0. The molecule has 1 heterocycles. The summed E-state index contributed by atoms with van der Waals surface area (Å²) in [6.07, 6.45) is 3.50. The van der Waals surface area contributed by atoms with Gasteiger partial charge in [0.05, 0.1) is 11.7 Å². The molecule has 1 aromatic rings. The average Bonchev–Trinajstić information content (AvgIpc) is 2.46. The molecule has 0 radical (unpaired) electrons. The molecule has 0 unspecified atom stereocenters. The lowest BCUT2D eigenvalue weighted by atomic mass is 9.96. The molecule has 1 saturated carbocycles. The minimum absolute atomic E-state index is 0.123. The zero-order valence-corrected chi connectivity index (χ0v) is 12.4. The monoisotopic (exact) mass is 320 g/mol. The van der Waals surface area contributed by atoms with Crippen LogP contribution in [0.2, 0.25) is 0 Å². The average molecular weight is 320 g/mol. The van der Waals surface area contributed by atoms with Crippen LogP contribution in [-0.4, -0.2) is 29.9 Å². The van der Waals surface area contributed by atoms with E-state index in [1.54, 1.807) is 6.07 Å². The number of halogens is 1. The normalized spacial score (nSPS) is 21.3. The summed E-state index contributed by atoms with van der Waals surface area (Å²) < 4.78 is 19.7. The quantitative estimate of drug-likeness (QED) is 0.819. The second kappa shape index (κ2) is 6.36. The summed E-state index contributed by atoms with van der Waals surface area (Å²) in [5.74, 6) is -1.94. The molecule has 3 amide bonds. The molecule has 3 rings (SSSR count). The van der Waals surface area contributed by atoms with Gasteiger partial charge in [0.15, 0.2) is 0 Å². The highest BCUT2D eigenvalue weighted by Crippen LogP contribution is 2.26. The maximum atomic E-state index is 14.1. The minimum atomic E-state index is -0.828. The van der Waals surface area contributed by atoms with Gasteiger partial charge in [-0.3, -0.25) is 19.7 Å². The molecular weight excluding hydrogens is 303 g/mol. The van der Waals surface area contributed by atoms with Gasteiger partial charge in [0.2, 0.25) is 11.8 Å². The van der Waals surface area contributed by atoms with Gasteiger partial charge >= 0.3 is 0 Å². The Balaban J connectivity index is 1.64. The van der Waals surface area contributed by atoms with Crippen LogP contribution in [0.25, 0.3) is 0 Å². The molecule has 1 atom stereocenters. The van der Waals surface area contributed by atoms with E-state index < -0.39 is 23.7 Å². The summed E-state index contributed by atoms with van der Waals surface area (Å²) in [5.41, 5.74) is -0.157. The Hall–Kier alpha value is -2.44. The van der Waals surface area contributed by atoms with E-state index in [9.17, 15) is 18.8 Å². The van der Waals surface area contributed by atoms with Crippen LogP contribution in [0.4, 0.5) is 4.39 Å². The van der Waals surface area contributed by atoms with E-state index in [4.69, 9.17) is 4.74 Å². The second-order valence-electron chi connectivity index (χ2n) is 5.79. The molecule has 23 heavy (non-hydrogen) atoms. The SMILES string of the molecule is O=C1CC[C@@H](NC(=O)c2ccc(OC3CCC3)cc2F)C(=O)N1. The molecule has 1 aromatic carbocycles. The number of rotatable bonds is 4. The fourth-order valence-corrected chi connectivity index (χ4v) is 2.50. The molecule has 2 aliphatic rings. The van der Waals surface area contributed by atoms with Gasteiger partial charge < -0.3 is 10.1 Å². The number of hydrogen-bond donors (Lipinski definition) is 2. The number of hydrogen-bond acceptors (Lipinski definition) is 4. The van der Waals surface area contributed by atoms with Crippen LogP contribution < -0.4 is 15.4 Å². The Morgan fingerprint density at radius 1 is 1.26 bits per heavy atom. The summed E-state index contributed by atoms with van der Waals surface area (Å²) in [6, 6.07) is 3.23. The Bertz CT molecular complexity index is 657. The van der Waals surface area contributed by atoms with Crippen LogP contribution in [0.5, 0.6) is 5.75 Å². The smallest absolute Gasteiger partial charge is 0.254 e. The number of carbonyl (C=O) groups is 3. The van der Waals surface area contributed by atoms with Crippen LogP contribution in [0.3, 0.4) is 0 Å². The number of amides is 3. The van der Waals surface area contributed by atoms with Gasteiger partial charge in [0.25, 0.3) is 5.91 Å². The number of ether oxygens (including phenoxy) is 1. The lowest BCUT2D eigenvalue weighted by molar-refractivity contribution is -0.134. The number of carbonyl (C=O) groups excluding carboxylic acids is 3. The zero-order valence-electron chi connectivity index (χ0n) is 12.4. The maximum Gasteiger partial charge on any atom is 0.254 e. The van der Waals surface area contributed by atoms with Crippen molar-refractivity contribution in [2.75, 3.05) is 0 Å². The summed E-state index contributed by atoms with van der Waals surface area (Å²) in [5, 5.41) is 4.58. The van der Waals surface area contributed by atoms with Crippen molar-refractivity contribution in [3.8, 4) is 5.75 Å². The Kier molecular flexibility index (Phi) is 4.27. The molecule has 2 fully saturated rings. The molecule has 6 nitrogen and oxygen atoms in total. The topological polar surface area (TPSA) is 84.5 Å². The van der Waals surface area contributed by atoms with E-state index >= 15 is 0 Å². The summed E-state index contributed by atoms with van der Waals surface area (Å²) in [4.78, 5) is 34.8. The van der Waals surface area contributed by atoms with Gasteiger partial charge in [-0.1, -0.05) is 0 Å². The highest BCUT2D eigenvalue weighted by atomic mass is 19.1. The lowest BCUT2D eigenvalue weighted by Crippen LogP contribution is -2.52. The minimum Gasteiger partial charge on any atom is -0.490 e. The molecule has 1 aliphatic heterocycles. The Labute approximate surface area is 132 Å². The standard InChI is InChI=1S/C16H17FN2O4/c17-12-8-10(23-9-2-1-3-9)4-5-11(12)15(21)18-13-6-7-14(20)19-16(13)22/h4-5,8-9,13H,1-3,6-7H2,(H,18,21)(H,19,20,22)/t13-/m1/s1. The van der Waals surface area contributed by atoms with Crippen LogP contribution in [-0.2, 0) is 9.59 Å². The first-order chi connectivity index (χ1) is 11.0. The predicted octanol–water partition coefficient (Wildman–Crippen LogP) is 1.29. The molecule has 1 saturated heterocycles. The third-order valence-corrected chi connectivity index (χ3v) is 4.08. The Morgan fingerprint density at radius 3 is 2.65 bits per heavy atom. The molecule has 0 bridgehead atoms. The van der Waals surface area contributed by atoms with Gasteiger partial charge in [-0.05, 0) is 37.8 Å². The van der Waals surface area contributed by atoms with Gasteiger partial charge in [0.1, 0.15) is 17.6 Å². The summed E-state index contributed by atoms with van der Waals surface area (Å²) >= 11 is 0. The summed E-state index contributed by atoms with van der Waals surface area (Å²) in [7, 11) is 0. The fourth-order valence-electron chi connectivity index (χ4n) is 2.50. The van der Waals surface area contributed by atoms with Crippen molar-refractivity contribution in [3.05, 3.63) is 29.6 Å². The van der Waals surface area contributed by atoms with E-state index in [0.29, 0.717) is 5.75 Å². The predicted molar refractivity (Wildman–Crippen MR) is 78.3 cm³/mol. The molecule has 122 valence electrons. The van der Waals surface area contributed by atoms with Crippen molar-refractivity contribution in [2.24, 2.45) is 0 Å². The van der Waals surface area contributed by atoms with Crippen molar-refractivity contribution >= 4 is 17.7 Å². The van der Waals surface area contributed by atoms with E-state index in [2.05, 4.69) is 10.6 Å². The largest absolute Gasteiger partial charge is 0.490 e. The first-order valence-corrected chi connectivity index (χ1v) is 7.63. The van der Waals surface area contributed by atoms with E-state index in [1.165, 1.54) is 12.1 Å². The number of benzene rings is 1. The van der Waals surface area contributed by atoms with Crippen molar-refractivity contribution in [2.45, 2.75) is 44.2 Å². The fraction of sp³-hybridized carbons (Fsp3) is 0.438. The van der Waals surface area contributed by atoms with Crippen LogP contribution in [0, 0.1) is 5.82 Å². The number of piperidine rings is 1. The van der Waals surface area contributed by atoms with Crippen molar-refractivity contribution < 1.29 is 23.5 Å². The third-order valence-electron chi connectivity index (χ3n) is 4.08. The van der Waals surface area contributed by atoms with Gasteiger partial charge in [-0.2, -0.15) is 0 Å². The third kappa shape index (κ3) is 3.49. The van der Waals surface area contributed by atoms with Crippen LogP contribution in [0.15, 0.2) is 18.2 Å². The lowest BCUT2D eigenvalue weighted by Gasteiger charge is -2.26. The number of nitrogens with one attached hydrogen (secondary N) is 2. The van der Waals surface area contributed by atoms with Crippen molar-refractivity contribution in [3.63, 3.8) is 0 Å². The van der Waals surface area contributed by atoms with Gasteiger partial charge in [-0.15, -0.1) is 0 Å². The highest BCUT2D eigenvalue weighted by molar-refractivity contribution is 6.03. The van der Waals surface area contributed by atoms with Crippen LogP contribution >= 0.6 is 0 Å². The molecular formula is C16H17FN2O4. The first-order valence-electron chi connectivity index (χ1n) is 7.63. The van der Waals surface area contributed by atoms with Crippen LogP contribution in [0.1, 0.15) is 42.5 Å². The van der Waals surface area contributed by atoms with Crippen molar-refractivity contribution in [1.82, 2.24) is 10.6 Å². The molecule has 0 aromatic heterocycles. The van der Waals surface area contributed by atoms with Gasteiger partial charge in [0, 0.05) is 12.5 Å². The number of imide groups is 1. The highest BCUT2D eigenvalue weighted by Gasteiger charge is 2.29. The van der Waals surface area contributed by atoms with E-state index in [0.717, 1.165) is 19.3 Å². The van der Waals surface area contributed by atoms with Gasteiger partial charge in [-0.25, -0.2) is 4.39 Å². The zero-order chi connectivity index (χ0) is 16.4. The molecule has 0 spiro atoms. The Morgan fingerprint density at radius 2 is 2.04 bits per heavy atom. The molecule has 1 aliphatic carbocycles. The first kappa shape index (κ1) is 15.5. The molecule has 2 N–H and O–H groups in total. The molecule has 7 heteroatoms. The maximum absolute atomic E-state index is 14.1. The van der Waals surface area contributed by atoms with Crippen molar-refractivity contribution in [1.29, 1.82) is 0 Å². The van der Waals surface area contributed by atoms with E-state index in [-0.39, 0.29) is 30.4 Å².